The number of hydrogen-bond acceptors (Lipinski definition) is 3. The highest BCUT2D eigenvalue weighted by atomic mass is 79.9. The molecule has 1 aliphatic rings. The predicted molar refractivity (Wildman–Crippen MR) is 78.6 cm³/mol. The zero-order chi connectivity index (χ0) is 14.0. The summed E-state index contributed by atoms with van der Waals surface area (Å²) in [6.45, 7) is 3.43. The summed E-state index contributed by atoms with van der Waals surface area (Å²) in [5, 5.41) is 0. The van der Waals surface area contributed by atoms with Crippen molar-refractivity contribution in [1.82, 2.24) is 4.90 Å². The van der Waals surface area contributed by atoms with Gasteiger partial charge >= 0.3 is 0 Å². The summed E-state index contributed by atoms with van der Waals surface area (Å²) >= 11 is 3.43. The second kappa shape index (κ2) is 5.74. The van der Waals surface area contributed by atoms with Crippen LogP contribution in [-0.2, 0) is 4.79 Å². The maximum atomic E-state index is 12.0. The van der Waals surface area contributed by atoms with Crippen LogP contribution in [0, 0.1) is 0 Å². The van der Waals surface area contributed by atoms with Crippen LogP contribution < -0.4 is 4.90 Å². The van der Waals surface area contributed by atoms with Crippen LogP contribution in [0.1, 0.15) is 23.7 Å². The Kier molecular flexibility index (Phi) is 4.24. The smallest absolute Gasteiger partial charge is 0.241 e. The molecule has 0 bridgehead atoms. The minimum absolute atomic E-state index is 0.0209. The van der Waals surface area contributed by atoms with Crippen molar-refractivity contribution in [2.75, 3.05) is 31.6 Å². The van der Waals surface area contributed by atoms with Crippen molar-refractivity contribution >= 4 is 33.3 Å². The molecule has 1 heterocycles. The first-order valence-electron chi connectivity index (χ1n) is 6.28. The third-order valence-electron chi connectivity index (χ3n) is 3.35. The lowest BCUT2D eigenvalue weighted by Gasteiger charge is -2.24. The van der Waals surface area contributed by atoms with Gasteiger partial charge in [0.05, 0.1) is 6.54 Å². The van der Waals surface area contributed by atoms with Crippen LogP contribution in [0.25, 0.3) is 0 Å². The number of Topliss-reactive ketones (excluding diaryl/α,β-unsaturated/α-hetero) is 1. The molecule has 2 rings (SSSR count). The highest BCUT2D eigenvalue weighted by molar-refractivity contribution is 9.10. The summed E-state index contributed by atoms with van der Waals surface area (Å²) in [6.07, 6.45) is 0.909. The molecule has 0 N–H and O–H groups in total. The van der Waals surface area contributed by atoms with Crippen LogP contribution in [0.15, 0.2) is 22.7 Å². The van der Waals surface area contributed by atoms with Gasteiger partial charge in [0.25, 0.3) is 0 Å². The van der Waals surface area contributed by atoms with Crippen LogP contribution in [0.5, 0.6) is 0 Å². The van der Waals surface area contributed by atoms with Crippen molar-refractivity contribution in [1.29, 1.82) is 0 Å². The summed E-state index contributed by atoms with van der Waals surface area (Å²) in [4.78, 5) is 27.4. The Labute approximate surface area is 121 Å². The van der Waals surface area contributed by atoms with E-state index in [0.717, 1.165) is 29.7 Å². The highest BCUT2D eigenvalue weighted by Crippen LogP contribution is 2.26. The maximum absolute atomic E-state index is 12.0. The summed E-state index contributed by atoms with van der Waals surface area (Å²) < 4.78 is 0.914. The van der Waals surface area contributed by atoms with E-state index in [9.17, 15) is 9.59 Å². The number of nitrogens with zero attached hydrogens (tertiary/aromatic N) is 2. The fourth-order valence-corrected chi connectivity index (χ4v) is 2.61. The number of carbonyl (C=O) groups excluding carboxylic acids is 2. The number of likely N-dealkylation sites (N-methyl/N-ethyl adjacent to an activating group) is 1. The van der Waals surface area contributed by atoms with E-state index in [1.165, 1.54) is 0 Å². The third-order valence-corrected chi connectivity index (χ3v) is 3.85. The van der Waals surface area contributed by atoms with E-state index in [1.54, 1.807) is 17.9 Å². The average molecular weight is 325 g/mol. The first-order chi connectivity index (χ1) is 8.99. The van der Waals surface area contributed by atoms with Crippen LogP contribution in [0.4, 0.5) is 5.69 Å². The Morgan fingerprint density at radius 1 is 1.32 bits per heavy atom. The van der Waals surface area contributed by atoms with E-state index in [-0.39, 0.29) is 11.7 Å². The monoisotopic (exact) mass is 324 g/mol. The number of ketones is 1. The molecule has 1 aromatic rings. The zero-order valence-corrected chi connectivity index (χ0v) is 12.7. The first kappa shape index (κ1) is 14.1. The van der Waals surface area contributed by atoms with Gasteiger partial charge in [0, 0.05) is 35.9 Å². The molecule has 0 aliphatic carbocycles. The molecular weight excluding hydrogens is 308 g/mol. The molecule has 0 saturated carbocycles. The van der Waals surface area contributed by atoms with Gasteiger partial charge in [-0.1, -0.05) is 15.9 Å². The van der Waals surface area contributed by atoms with E-state index in [2.05, 4.69) is 15.9 Å². The van der Waals surface area contributed by atoms with Gasteiger partial charge in [-0.05, 0) is 31.5 Å². The molecule has 19 heavy (non-hydrogen) atoms. The number of anilines is 1. The summed E-state index contributed by atoms with van der Waals surface area (Å²) in [5.74, 6) is 0.111. The van der Waals surface area contributed by atoms with Crippen molar-refractivity contribution in [3.05, 3.63) is 28.2 Å². The molecule has 1 amide bonds. The molecule has 0 unspecified atom stereocenters. The largest absolute Gasteiger partial charge is 0.362 e. The van der Waals surface area contributed by atoms with Crippen LogP contribution >= 0.6 is 15.9 Å². The van der Waals surface area contributed by atoms with E-state index in [4.69, 9.17) is 0 Å². The highest BCUT2D eigenvalue weighted by Gasteiger charge is 2.22. The van der Waals surface area contributed by atoms with Crippen molar-refractivity contribution in [2.24, 2.45) is 0 Å². The number of benzene rings is 1. The quantitative estimate of drug-likeness (QED) is 0.784. The molecule has 1 fully saturated rings. The van der Waals surface area contributed by atoms with Crippen molar-refractivity contribution < 1.29 is 9.59 Å². The van der Waals surface area contributed by atoms with Crippen LogP contribution in [0.2, 0.25) is 0 Å². The van der Waals surface area contributed by atoms with Crippen LogP contribution in [-0.4, -0.2) is 43.3 Å². The van der Waals surface area contributed by atoms with E-state index in [0.29, 0.717) is 12.1 Å². The Morgan fingerprint density at radius 2 is 2.05 bits per heavy atom. The minimum Gasteiger partial charge on any atom is -0.362 e. The second-order valence-corrected chi connectivity index (χ2v) is 5.72. The molecule has 0 spiro atoms. The van der Waals surface area contributed by atoms with Gasteiger partial charge in [-0.15, -0.1) is 0 Å². The molecular formula is C14H17BrN2O2. The van der Waals surface area contributed by atoms with Gasteiger partial charge < -0.3 is 9.80 Å². The number of carbonyl (C=O) groups is 2. The fourth-order valence-electron chi connectivity index (χ4n) is 2.26. The molecule has 1 aliphatic heterocycles. The maximum Gasteiger partial charge on any atom is 0.241 e. The lowest BCUT2D eigenvalue weighted by atomic mass is 10.1. The average Bonchev–Trinajstić information content (AvgIpc) is 2.51. The van der Waals surface area contributed by atoms with Crippen molar-refractivity contribution in [2.45, 2.75) is 13.3 Å². The molecule has 0 atom stereocenters. The van der Waals surface area contributed by atoms with Crippen molar-refractivity contribution in [3.63, 3.8) is 0 Å². The van der Waals surface area contributed by atoms with E-state index >= 15 is 0 Å². The standard InChI is InChI=1S/C14H17BrN2O2/c1-10(18)12-5-4-11(15)8-13(12)17-7-3-6-16(2)14(19)9-17/h4-5,8H,3,6-7,9H2,1-2H3. The predicted octanol–water partition coefficient (Wildman–Crippen LogP) is 2.32. The summed E-state index contributed by atoms with van der Waals surface area (Å²) in [5.41, 5.74) is 1.51. The SMILES string of the molecule is CC(=O)c1ccc(Br)cc1N1CCCN(C)C(=O)C1. The van der Waals surface area contributed by atoms with Gasteiger partial charge in [-0.25, -0.2) is 0 Å². The molecule has 0 radical (unpaired) electrons. The molecule has 1 saturated heterocycles. The normalized spacial score (nSPS) is 16.5. The Hall–Kier alpha value is -1.36. The van der Waals surface area contributed by atoms with Gasteiger partial charge in [0.1, 0.15) is 0 Å². The van der Waals surface area contributed by atoms with E-state index < -0.39 is 0 Å². The van der Waals surface area contributed by atoms with Gasteiger partial charge in [0.15, 0.2) is 5.78 Å². The lowest BCUT2D eigenvalue weighted by Crippen LogP contribution is -2.34. The molecule has 102 valence electrons. The zero-order valence-electron chi connectivity index (χ0n) is 11.1. The Morgan fingerprint density at radius 3 is 2.74 bits per heavy atom. The van der Waals surface area contributed by atoms with Gasteiger partial charge in [0.2, 0.25) is 5.91 Å². The number of hydrogen-bond donors (Lipinski definition) is 0. The number of amides is 1. The number of rotatable bonds is 2. The lowest BCUT2D eigenvalue weighted by molar-refractivity contribution is -0.127. The summed E-state index contributed by atoms with van der Waals surface area (Å²) in [7, 11) is 1.82. The van der Waals surface area contributed by atoms with Crippen LogP contribution in [0.3, 0.4) is 0 Å². The summed E-state index contributed by atoms with van der Waals surface area (Å²) in [6, 6.07) is 5.57. The fraction of sp³-hybridized carbons (Fsp3) is 0.429. The van der Waals surface area contributed by atoms with Gasteiger partial charge in [-0.2, -0.15) is 0 Å². The van der Waals surface area contributed by atoms with Gasteiger partial charge in [-0.3, -0.25) is 9.59 Å². The van der Waals surface area contributed by atoms with Crippen molar-refractivity contribution in [3.8, 4) is 0 Å². The molecule has 4 nitrogen and oxygen atoms in total. The molecule has 1 aromatic carbocycles. The minimum atomic E-state index is 0.0209. The third kappa shape index (κ3) is 3.15. The second-order valence-electron chi connectivity index (χ2n) is 4.81. The first-order valence-corrected chi connectivity index (χ1v) is 7.07. The molecule has 0 aromatic heterocycles. The van der Waals surface area contributed by atoms with E-state index in [1.807, 2.05) is 24.1 Å². The Balaban J connectivity index is 2.37. The number of halogens is 1. The Bertz CT molecular complexity index is 516. The molecule has 5 heteroatoms. The topological polar surface area (TPSA) is 40.6 Å².